The maximum Gasteiger partial charge on any atom is 0.226 e. The van der Waals surface area contributed by atoms with Gasteiger partial charge in [0.15, 0.2) is 5.82 Å². The van der Waals surface area contributed by atoms with Gasteiger partial charge < -0.3 is 10.2 Å². The smallest absolute Gasteiger partial charge is 0.226 e. The third-order valence-electron chi connectivity index (χ3n) is 6.85. The Morgan fingerprint density at radius 1 is 1.12 bits per heavy atom. The van der Waals surface area contributed by atoms with Gasteiger partial charge in [-0.3, -0.25) is 4.79 Å². The van der Waals surface area contributed by atoms with Crippen LogP contribution in [0.2, 0.25) is 0 Å². The summed E-state index contributed by atoms with van der Waals surface area (Å²) in [6.07, 6.45) is 11.4. The summed E-state index contributed by atoms with van der Waals surface area (Å²) in [6, 6.07) is 0.101. The maximum atomic E-state index is 13.3. The lowest BCUT2D eigenvalue weighted by Crippen LogP contribution is -2.41. The molecule has 0 bridgehead atoms. The number of rotatable bonds is 2. The van der Waals surface area contributed by atoms with Crippen LogP contribution in [0.25, 0.3) is 0 Å². The second kappa shape index (κ2) is 6.35. The zero-order valence-electron chi connectivity index (χ0n) is 14.9. The third kappa shape index (κ3) is 2.77. The highest BCUT2D eigenvalue weighted by molar-refractivity contribution is 5.83. The Labute approximate surface area is 149 Å². The van der Waals surface area contributed by atoms with Crippen LogP contribution >= 0.6 is 0 Å². The number of likely N-dealkylation sites (tertiary alicyclic amines) is 1. The number of carbonyl (C=O) groups is 1. The number of carbonyl (C=O) groups excluding carboxylic acids is 1. The van der Waals surface area contributed by atoms with Crippen molar-refractivity contribution in [3.63, 3.8) is 0 Å². The number of nitrogens with zero attached hydrogens (tertiary/aromatic N) is 3. The zero-order valence-corrected chi connectivity index (χ0v) is 14.9. The van der Waals surface area contributed by atoms with Gasteiger partial charge in [-0.25, -0.2) is 9.97 Å². The fourth-order valence-corrected chi connectivity index (χ4v) is 5.43. The molecule has 5 nitrogen and oxygen atoms in total. The number of fused-ring (bicyclic) bond motifs is 2. The van der Waals surface area contributed by atoms with Gasteiger partial charge in [0.1, 0.15) is 0 Å². The third-order valence-corrected chi connectivity index (χ3v) is 6.85. The molecule has 2 saturated carbocycles. The van der Waals surface area contributed by atoms with E-state index in [1.807, 2.05) is 6.20 Å². The molecule has 5 rings (SSSR count). The van der Waals surface area contributed by atoms with Gasteiger partial charge in [0, 0.05) is 49.4 Å². The van der Waals surface area contributed by atoms with Crippen molar-refractivity contribution in [1.82, 2.24) is 20.2 Å². The molecule has 134 valence electrons. The largest absolute Gasteiger partial charge is 0.332 e. The molecule has 4 aliphatic rings. The first-order valence-corrected chi connectivity index (χ1v) is 10.2. The fourth-order valence-electron chi connectivity index (χ4n) is 5.43. The van der Waals surface area contributed by atoms with Crippen LogP contribution in [-0.2, 0) is 17.8 Å². The molecule has 0 aromatic carbocycles. The summed E-state index contributed by atoms with van der Waals surface area (Å²) in [5, 5.41) is 3.37. The van der Waals surface area contributed by atoms with Crippen LogP contribution in [-0.4, -0.2) is 33.9 Å². The van der Waals surface area contributed by atoms with Gasteiger partial charge in [0.25, 0.3) is 0 Å². The minimum Gasteiger partial charge on any atom is -0.332 e. The van der Waals surface area contributed by atoms with Crippen molar-refractivity contribution in [3.8, 4) is 0 Å². The SMILES string of the molecule is O=C(C1[C@@H]2CCCC[C@@H]12)N1CCCC[C@@H]1c1ncc2c(n1)CCNC2. The van der Waals surface area contributed by atoms with E-state index in [0.717, 1.165) is 44.7 Å². The normalized spacial score (nSPS) is 34.2. The first-order chi connectivity index (χ1) is 12.3. The number of piperidine rings is 1. The predicted octanol–water partition coefficient (Wildman–Crippen LogP) is 2.61. The van der Waals surface area contributed by atoms with Crippen molar-refractivity contribution in [2.75, 3.05) is 13.1 Å². The van der Waals surface area contributed by atoms with Crippen molar-refractivity contribution in [2.24, 2.45) is 17.8 Å². The Morgan fingerprint density at radius 3 is 2.76 bits per heavy atom. The van der Waals surface area contributed by atoms with Gasteiger partial charge in [0.05, 0.1) is 6.04 Å². The van der Waals surface area contributed by atoms with E-state index < -0.39 is 0 Å². The van der Waals surface area contributed by atoms with Gasteiger partial charge in [0.2, 0.25) is 5.91 Å². The van der Waals surface area contributed by atoms with E-state index in [0.29, 0.717) is 23.7 Å². The van der Waals surface area contributed by atoms with Crippen LogP contribution in [0.1, 0.15) is 68.1 Å². The standard InChI is InChI=1S/C20H28N4O/c25-20(18-14-5-1-2-6-15(14)18)24-10-4-3-7-17(24)19-22-12-13-11-21-9-8-16(13)23-19/h12,14-15,17-18,21H,1-11H2/t14-,15-,17-/m1/s1. The lowest BCUT2D eigenvalue weighted by molar-refractivity contribution is -0.137. The molecular weight excluding hydrogens is 312 g/mol. The summed E-state index contributed by atoms with van der Waals surface area (Å²) >= 11 is 0. The number of aromatic nitrogens is 2. The van der Waals surface area contributed by atoms with E-state index in [9.17, 15) is 4.79 Å². The van der Waals surface area contributed by atoms with Gasteiger partial charge in [-0.1, -0.05) is 12.8 Å². The molecule has 1 saturated heterocycles. The van der Waals surface area contributed by atoms with Crippen LogP contribution in [0.4, 0.5) is 0 Å². The number of hydrogen-bond acceptors (Lipinski definition) is 4. The Bertz CT molecular complexity index is 664. The first-order valence-electron chi connectivity index (χ1n) is 10.2. The molecule has 3 atom stereocenters. The Morgan fingerprint density at radius 2 is 1.92 bits per heavy atom. The Hall–Kier alpha value is -1.49. The minimum atomic E-state index is 0.101. The van der Waals surface area contributed by atoms with Crippen LogP contribution < -0.4 is 5.32 Å². The van der Waals surface area contributed by atoms with E-state index >= 15 is 0 Å². The van der Waals surface area contributed by atoms with Gasteiger partial charge in [-0.15, -0.1) is 0 Å². The quantitative estimate of drug-likeness (QED) is 0.899. The highest BCUT2D eigenvalue weighted by Gasteiger charge is 2.56. The summed E-state index contributed by atoms with van der Waals surface area (Å²) in [7, 11) is 0. The fraction of sp³-hybridized carbons (Fsp3) is 0.750. The molecule has 3 heterocycles. The lowest BCUT2D eigenvalue weighted by atomic mass is 9.99. The second-order valence-corrected chi connectivity index (χ2v) is 8.31. The number of hydrogen-bond donors (Lipinski definition) is 1. The summed E-state index contributed by atoms with van der Waals surface area (Å²) in [5.74, 6) is 2.96. The molecule has 1 aromatic rings. The molecule has 1 N–H and O–H groups in total. The molecule has 1 amide bonds. The maximum absolute atomic E-state index is 13.3. The highest BCUT2D eigenvalue weighted by Crippen LogP contribution is 2.56. The van der Waals surface area contributed by atoms with Crippen LogP contribution in [0.5, 0.6) is 0 Å². The molecule has 0 unspecified atom stereocenters. The molecule has 2 aliphatic heterocycles. The summed E-state index contributed by atoms with van der Waals surface area (Å²) in [6.45, 7) is 2.75. The minimum absolute atomic E-state index is 0.101. The molecule has 25 heavy (non-hydrogen) atoms. The van der Waals surface area contributed by atoms with Crippen molar-refractivity contribution >= 4 is 5.91 Å². The van der Waals surface area contributed by atoms with Gasteiger partial charge in [-0.05, 0) is 43.9 Å². The van der Waals surface area contributed by atoms with E-state index in [-0.39, 0.29) is 6.04 Å². The number of amides is 1. The van der Waals surface area contributed by atoms with Crippen LogP contribution in [0, 0.1) is 17.8 Å². The van der Waals surface area contributed by atoms with E-state index in [1.54, 1.807) is 0 Å². The molecule has 2 aliphatic carbocycles. The van der Waals surface area contributed by atoms with E-state index in [2.05, 4.69) is 15.2 Å². The molecule has 0 spiro atoms. The highest BCUT2D eigenvalue weighted by atomic mass is 16.2. The zero-order chi connectivity index (χ0) is 16.8. The first kappa shape index (κ1) is 15.7. The predicted molar refractivity (Wildman–Crippen MR) is 94.7 cm³/mol. The lowest BCUT2D eigenvalue weighted by Gasteiger charge is -2.35. The summed E-state index contributed by atoms with van der Waals surface area (Å²) < 4.78 is 0. The Kier molecular flexibility index (Phi) is 4.00. The topological polar surface area (TPSA) is 58.1 Å². The van der Waals surface area contributed by atoms with Crippen molar-refractivity contribution in [2.45, 2.75) is 64.0 Å². The van der Waals surface area contributed by atoms with Crippen LogP contribution in [0.3, 0.4) is 0 Å². The van der Waals surface area contributed by atoms with Gasteiger partial charge >= 0.3 is 0 Å². The van der Waals surface area contributed by atoms with Crippen molar-refractivity contribution < 1.29 is 4.79 Å². The van der Waals surface area contributed by atoms with Crippen molar-refractivity contribution in [1.29, 1.82) is 0 Å². The summed E-state index contributed by atoms with van der Waals surface area (Å²) in [5.41, 5.74) is 2.40. The van der Waals surface area contributed by atoms with E-state index in [1.165, 1.54) is 43.4 Å². The van der Waals surface area contributed by atoms with Crippen molar-refractivity contribution in [3.05, 3.63) is 23.3 Å². The Balaban J connectivity index is 1.38. The second-order valence-electron chi connectivity index (χ2n) is 8.31. The van der Waals surface area contributed by atoms with Gasteiger partial charge in [-0.2, -0.15) is 0 Å². The molecule has 3 fully saturated rings. The molecule has 1 aromatic heterocycles. The average molecular weight is 340 g/mol. The van der Waals surface area contributed by atoms with Crippen LogP contribution in [0.15, 0.2) is 6.20 Å². The van der Waals surface area contributed by atoms with E-state index in [4.69, 9.17) is 4.98 Å². The average Bonchev–Trinajstić information content (AvgIpc) is 3.41. The molecular formula is C20H28N4O. The summed E-state index contributed by atoms with van der Waals surface area (Å²) in [4.78, 5) is 25.0. The number of nitrogens with one attached hydrogen (secondary N) is 1. The molecule has 5 heteroatoms. The monoisotopic (exact) mass is 340 g/mol. The molecule has 0 radical (unpaired) electrons.